The number of carbonyl (C=O) groups is 1. The second kappa shape index (κ2) is 5.04. The SMILES string of the molecule is CC(C)CN=C1NC(=O)C2(CCCOCC2)N1. The molecular weight excluding hydrogens is 218 g/mol. The number of carbonyl (C=O) groups excluding carboxylic acids is 1. The zero-order chi connectivity index (χ0) is 12.3. The molecule has 17 heavy (non-hydrogen) atoms. The lowest BCUT2D eigenvalue weighted by atomic mass is 9.91. The Bertz CT molecular complexity index is 318. The highest BCUT2D eigenvalue weighted by molar-refractivity contribution is 6.09. The van der Waals surface area contributed by atoms with E-state index < -0.39 is 5.54 Å². The first-order valence-electron chi connectivity index (χ1n) is 6.34. The fraction of sp³-hybridized carbons (Fsp3) is 0.833. The molecule has 0 aromatic heterocycles. The lowest BCUT2D eigenvalue weighted by molar-refractivity contribution is -0.124. The lowest BCUT2D eigenvalue weighted by Gasteiger charge is -2.23. The summed E-state index contributed by atoms with van der Waals surface area (Å²) in [6.07, 6.45) is 2.46. The van der Waals surface area contributed by atoms with Crippen molar-refractivity contribution < 1.29 is 9.53 Å². The Labute approximate surface area is 102 Å². The highest BCUT2D eigenvalue weighted by Gasteiger charge is 2.44. The highest BCUT2D eigenvalue weighted by atomic mass is 16.5. The van der Waals surface area contributed by atoms with E-state index in [2.05, 4.69) is 29.5 Å². The van der Waals surface area contributed by atoms with Gasteiger partial charge in [-0.2, -0.15) is 0 Å². The van der Waals surface area contributed by atoms with E-state index in [1.54, 1.807) is 0 Å². The number of hydrogen-bond acceptors (Lipinski definition) is 3. The molecule has 2 fully saturated rings. The first-order valence-corrected chi connectivity index (χ1v) is 6.34. The molecule has 2 heterocycles. The molecule has 0 bridgehead atoms. The Morgan fingerprint density at radius 3 is 3.00 bits per heavy atom. The number of nitrogens with zero attached hydrogens (tertiary/aromatic N) is 1. The molecule has 2 saturated heterocycles. The van der Waals surface area contributed by atoms with Gasteiger partial charge in [-0.25, -0.2) is 0 Å². The molecule has 0 saturated carbocycles. The van der Waals surface area contributed by atoms with Gasteiger partial charge in [0.1, 0.15) is 5.54 Å². The molecule has 1 unspecified atom stereocenters. The van der Waals surface area contributed by atoms with E-state index in [1.165, 1.54) is 0 Å². The van der Waals surface area contributed by atoms with Crippen LogP contribution in [0.4, 0.5) is 0 Å². The van der Waals surface area contributed by atoms with Crippen molar-refractivity contribution in [1.29, 1.82) is 0 Å². The Morgan fingerprint density at radius 1 is 1.41 bits per heavy atom. The van der Waals surface area contributed by atoms with Crippen molar-refractivity contribution in [1.82, 2.24) is 10.6 Å². The van der Waals surface area contributed by atoms with E-state index in [4.69, 9.17) is 4.74 Å². The van der Waals surface area contributed by atoms with Crippen LogP contribution < -0.4 is 10.6 Å². The molecule has 0 aromatic carbocycles. The fourth-order valence-corrected chi connectivity index (χ4v) is 2.20. The minimum Gasteiger partial charge on any atom is -0.381 e. The zero-order valence-corrected chi connectivity index (χ0v) is 10.6. The minimum absolute atomic E-state index is 0.0468. The Morgan fingerprint density at radius 2 is 2.24 bits per heavy atom. The van der Waals surface area contributed by atoms with Crippen LogP contribution in [0, 0.1) is 5.92 Å². The average molecular weight is 239 g/mol. The van der Waals surface area contributed by atoms with E-state index in [-0.39, 0.29) is 5.91 Å². The van der Waals surface area contributed by atoms with Crippen LogP contribution in [0.1, 0.15) is 33.1 Å². The van der Waals surface area contributed by atoms with Gasteiger partial charge in [0.15, 0.2) is 5.96 Å². The Balaban J connectivity index is 2.05. The van der Waals surface area contributed by atoms with Crippen molar-refractivity contribution >= 4 is 11.9 Å². The predicted molar refractivity (Wildman–Crippen MR) is 65.8 cm³/mol. The van der Waals surface area contributed by atoms with Crippen molar-refractivity contribution in [2.45, 2.75) is 38.6 Å². The minimum atomic E-state index is -0.480. The van der Waals surface area contributed by atoms with Gasteiger partial charge in [-0.15, -0.1) is 0 Å². The van der Waals surface area contributed by atoms with Crippen LogP contribution in [0.2, 0.25) is 0 Å². The maximum Gasteiger partial charge on any atom is 0.252 e. The molecule has 5 heteroatoms. The smallest absolute Gasteiger partial charge is 0.252 e. The fourth-order valence-electron chi connectivity index (χ4n) is 2.20. The summed E-state index contributed by atoms with van der Waals surface area (Å²) < 4.78 is 5.40. The molecule has 0 radical (unpaired) electrons. The molecule has 1 spiro atoms. The molecule has 2 aliphatic heterocycles. The van der Waals surface area contributed by atoms with Crippen LogP contribution in [-0.2, 0) is 9.53 Å². The summed E-state index contributed by atoms with van der Waals surface area (Å²) >= 11 is 0. The summed E-state index contributed by atoms with van der Waals surface area (Å²) in [5, 5.41) is 6.10. The molecule has 0 aromatic rings. The predicted octanol–water partition coefficient (Wildman–Crippen LogP) is 0.657. The molecule has 1 atom stereocenters. The number of aliphatic imine (C=N–C) groups is 1. The topological polar surface area (TPSA) is 62.7 Å². The Hall–Kier alpha value is -1.10. The monoisotopic (exact) mass is 239 g/mol. The molecule has 1 amide bonds. The molecule has 2 aliphatic rings. The number of guanidine groups is 1. The van der Waals surface area contributed by atoms with Gasteiger partial charge in [0.05, 0.1) is 0 Å². The van der Waals surface area contributed by atoms with Gasteiger partial charge in [0.2, 0.25) is 0 Å². The van der Waals surface area contributed by atoms with Gasteiger partial charge in [-0.3, -0.25) is 15.1 Å². The molecule has 2 rings (SSSR count). The van der Waals surface area contributed by atoms with Crippen molar-refractivity contribution in [2.75, 3.05) is 19.8 Å². The van der Waals surface area contributed by atoms with Crippen molar-refractivity contribution in [3.8, 4) is 0 Å². The number of hydrogen-bond donors (Lipinski definition) is 2. The number of amides is 1. The third-order valence-corrected chi connectivity index (χ3v) is 3.20. The maximum absolute atomic E-state index is 12.0. The Kier molecular flexibility index (Phi) is 3.66. The van der Waals surface area contributed by atoms with Crippen LogP contribution in [-0.4, -0.2) is 37.2 Å². The summed E-state index contributed by atoms with van der Waals surface area (Å²) in [5.41, 5.74) is -0.480. The quantitative estimate of drug-likeness (QED) is 0.744. The van der Waals surface area contributed by atoms with Crippen molar-refractivity contribution in [2.24, 2.45) is 10.9 Å². The summed E-state index contributed by atoms with van der Waals surface area (Å²) in [5.74, 6) is 1.17. The van der Waals surface area contributed by atoms with Crippen molar-refractivity contribution in [3.05, 3.63) is 0 Å². The highest BCUT2D eigenvalue weighted by Crippen LogP contribution is 2.24. The van der Waals surface area contributed by atoms with E-state index in [9.17, 15) is 4.79 Å². The number of nitrogens with one attached hydrogen (secondary N) is 2. The van der Waals surface area contributed by atoms with Gasteiger partial charge in [0.25, 0.3) is 5.91 Å². The van der Waals surface area contributed by atoms with E-state index in [0.717, 1.165) is 32.4 Å². The maximum atomic E-state index is 12.0. The van der Waals surface area contributed by atoms with Crippen LogP contribution in [0.5, 0.6) is 0 Å². The third-order valence-electron chi connectivity index (χ3n) is 3.20. The molecule has 5 nitrogen and oxygen atoms in total. The molecular formula is C12H21N3O2. The summed E-state index contributed by atoms with van der Waals surface area (Å²) in [7, 11) is 0. The van der Waals surface area contributed by atoms with Crippen LogP contribution in [0.3, 0.4) is 0 Å². The van der Waals surface area contributed by atoms with Gasteiger partial charge in [-0.05, 0) is 18.8 Å². The summed E-state index contributed by atoms with van der Waals surface area (Å²) in [4.78, 5) is 16.4. The van der Waals surface area contributed by atoms with Gasteiger partial charge in [0, 0.05) is 26.2 Å². The van der Waals surface area contributed by atoms with E-state index in [1.807, 2.05) is 0 Å². The van der Waals surface area contributed by atoms with Crippen molar-refractivity contribution in [3.63, 3.8) is 0 Å². The van der Waals surface area contributed by atoms with Gasteiger partial charge < -0.3 is 10.1 Å². The average Bonchev–Trinajstić information content (AvgIpc) is 2.48. The summed E-state index contributed by atoms with van der Waals surface area (Å²) in [6.45, 7) is 6.33. The van der Waals surface area contributed by atoms with Gasteiger partial charge >= 0.3 is 0 Å². The van der Waals surface area contributed by atoms with Crippen LogP contribution in [0.25, 0.3) is 0 Å². The largest absolute Gasteiger partial charge is 0.381 e. The van der Waals surface area contributed by atoms with E-state index >= 15 is 0 Å². The second-order valence-electron chi connectivity index (χ2n) is 5.21. The van der Waals surface area contributed by atoms with Crippen LogP contribution >= 0.6 is 0 Å². The van der Waals surface area contributed by atoms with Crippen LogP contribution in [0.15, 0.2) is 4.99 Å². The first-order chi connectivity index (χ1) is 8.12. The van der Waals surface area contributed by atoms with Gasteiger partial charge in [-0.1, -0.05) is 13.8 Å². The van der Waals surface area contributed by atoms with E-state index in [0.29, 0.717) is 18.5 Å². The standard InChI is InChI=1S/C12H21N3O2/c1-9(2)8-13-11-14-10(16)12(15-11)4-3-6-17-7-5-12/h9H,3-8H2,1-2H3,(H2,13,14,15,16). The first kappa shape index (κ1) is 12.4. The number of ether oxygens (including phenoxy) is 1. The lowest BCUT2D eigenvalue weighted by Crippen LogP contribution is -2.47. The zero-order valence-electron chi connectivity index (χ0n) is 10.6. The molecule has 2 N–H and O–H groups in total. The second-order valence-corrected chi connectivity index (χ2v) is 5.21. The summed E-state index contributed by atoms with van der Waals surface area (Å²) in [6, 6.07) is 0. The normalized spacial score (nSPS) is 31.7. The molecule has 0 aliphatic carbocycles. The third kappa shape index (κ3) is 2.77. The number of rotatable bonds is 2. The molecule has 96 valence electrons.